The highest BCUT2D eigenvalue weighted by molar-refractivity contribution is 8.10. The molecule has 0 radical (unpaired) electrons. The number of benzene rings is 3. The van der Waals surface area contributed by atoms with E-state index in [-0.39, 0.29) is 21.2 Å². The van der Waals surface area contributed by atoms with Gasteiger partial charge in [0.2, 0.25) is 0 Å². The summed E-state index contributed by atoms with van der Waals surface area (Å²) in [7, 11) is -5.86. The molecule has 0 saturated carbocycles. The molecule has 0 fully saturated rings. The minimum atomic E-state index is -4.45. The lowest BCUT2D eigenvalue weighted by Crippen LogP contribution is -2.37. The largest absolute Gasteiger partial charge is 0.497 e. The van der Waals surface area contributed by atoms with Crippen LogP contribution in [0.3, 0.4) is 0 Å². The van der Waals surface area contributed by atoms with Crippen LogP contribution in [-0.4, -0.2) is 31.0 Å². The minimum Gasteiger partial charge on any atom is -0.497 e. The van der Waals surface area contributed by atoms with Crippen LogP contribution < -0.4 is 13.8 Å². The Morgan fingerprint density at radius 3 is 1.66 bits per heavy atom. The molecule has 0 spiro atoms. The molecule has 3 aromatic carbocycles. The Morgan fingerprint density at radius 1 is 0.759 bits per heavy atom. The molecular formula is C20H20N2O5S2. The molecule has 7 nitrogen and oxygen atoms in total. The van der Waals surface area contributed by atoms with E-state index in [1.807, 2.05) is 0 Å². The van der Waals surface area contributed by atoms with E-state index in [1.54, 1.807) is 19.2 Å². The van der Waals surface area contributed by atoms with E-state index in [1.165, 1.54) is 73.8 Å². The highest BCUT2D eigenvalue weighted by Gasteiger charge is 2.38. The highest BCUT2D eigenvalue weighted by Crippen LogP contribution is 2.37. The molecule has 9 heteroatoms. The van der Waals surface area contributed by atoms with Crippen molar-refractivity contribution in [1.82, 2.24) is 0 Å². The van der Waals surface area contributed by atoms with Crippen LogP contribution in [0.25, 0.3) is 0 Å². The highest BCUT2D eigenvalue weighted by atomic mass is 32.3. The summed E-state index contributed by atoms with van der Waals surface area (Å²) in [6, 6.07) is 19.3. The molecule has 0 bridgehead atoms. The number of hydrogen-bond acceptors (Lipinski definition) is 6. The van der Waals surface area contributed by atoms with Gasteiger partial charge in [-0.15, -0.1) is 0 Å². The standard InChI is InChI=1S/C20H20N2O5S2/c1-21-19-15-16(27-2)13-14-20(19)22(28(23,24)17-9-5-3-6-10-17)29(25,26)18-11-7-4-8-12-18/h3-15,21H,1-2H3. The second-order valence-corrected chi connectivity index (χ2v) is 9.77. The molecule has 1 N–H and O–H groups in total. The van der Waals surface area contributed by atoms with Crippen molar-refractivity contribution in [3.05, 3.63) is 78.9 Å². The number of anilines is 2. The first-order valence-corrected chi connectivity index (χ1v) is 11.5. The minimum absolute atomic E-state index is 0.0407. The first kappa shape index (κ1) is 20.7. The molecule has 0 aliphatic carbocycles. The number of ether oxygens (including phenoxy) is 1. The van der Waals surface area contributed by atoms with Gasteiger partial charge in [0.1, 0.15) is 5.75 Å². The van der Waals surface area contributed by atoms with Crippen LogP contribution in [-0.2, 0) is 20.0 Å². The van der Waals surface area contributed by atoms with E-state index in [0.29, 0.717) is 9.46 Å². The van der Waals surface area contributed by atoms with Gasteiger partial charge in [-0.2, -0.15) is 3.71 Å². The maximum Gasteiger partial charge on any atom is 0.277 e. The number of hydrogen-bond donors (Lipinski definition) is 1. The number of rotatable bonds is 7. The molecule has 152 valence electrons. The average Bonchev–Trinajstić information content (AvgIpc) is 2.75. The van der Waals surface area contributed by atoms with Crippen molar-refractivity contribution in [1.29, 1.82) is 0 Å². The molecule has 0 heterocycles. The first-order valence-electron chi connectivity index (χ1n) is 8.59. The molecule has 0 saturated heterocycles. The summed E-state index contributed by atoms with van der Waals surface area (Å²) in [5.74, 6) is 0.451. The number of sulfonamides is 2. The van der Waals surface area contributed by atoms with E-state index in [2.05, 4.69) is 5.32 Å². The van der Waals surface area contributed by atoms with Crippen LogP contribution in [0.2, 0.25) is 0 Å². The van der Waals surface area contributed by atoms with Gasteiger partial charge in [-0.3, -0.25) is 0 Å². The zero-order chi connectivity index (χ0) is 21.1. The lowest BCUT2D eigenvalue weighted by atomic mass is 10.2. The molecule has 0 atom stereocenters. The summed E-state index contributed by atoms with van der Waals surface area (Å²) in [6.07, 6.45) is 0. The maximum absolute atomic E-state index is 13.5. The Bertz CT molecular complexity index is 1130. The van der Waals surface area contributed by atoms with E-state index in [4.69, 9.17) is 4.74 Å². The monoisotopic (exact) mass is 432 g/mol. The summed E-state index contributed by atoms with van der Waals surface area (Å²) >= 11 is 0. The summed E-state index contributed by atoms with van der Waals surface area (Å²) in [5, 5.41) is 2.85. The van der Waals surface area contributed by atoms with Crippen molar-refractivity contribution in [2.24, 2.45) is 0 Å². The third-order valence-corrected chi connectivity index (χ3v) is 8.37. The average molecular weight is 433 g/mol. The van der Waals surface area contributed by atoms with Crippen molar-refractivity contribution in [2.45, 2.75) is 9.79 Å². The van der Waals surface area contributed by atoms with Crippen molar-refractivity contribution in [3.8, 4) is 5.75 Å². The molecule has 3 aromatic rings. The lowest BCUT2D eigenvalue weighted by Gasteiger charge is -2.26. The predicted molar refractivity (Wildman–Crippen MR) is 112 cm³/mol. The summed E-state index contributed by atoms with van der Waals surface area (Å²) in [4.78, 5) is -0.283. The Kier molecular flexibility index (Phi) is 5.81. The van der Waals surface area contributed by atoms with E-state index in [9.17, 15) is 16.8 Å². The third kappa shape index (κ3) is 3.92. The Balaban J connectivity index is 2.32. The van der Waals surface area contributed by atoms with Crippen molar-refractivity contribution < 1.29 is 21.6 Å². The molecule has 0 aromatic heterocycles. The number of nitrogens with one attached hydrogen (secondary N) is 1. The fourth-order valence-electron chi connectivity index (χ4n) is 2.77. The van der Waals surface area contributed by atoms with Crippen LogP contribution >= 0.6 is 0 Å². The van der Waals surface area contributed by atoms with Crippen LogP contribution in [0, 0.1) is 0 Å². The Labute approximate surface area is 170 Å². The fourth-order valence-corrected chi connectivity index (χ4v) is 6.54. The van der Waals surface area contributed by atoms with Crippen molar-refractivity contribution in [2.75, 3.05) is 23.2 Å². The SMILES string of the molecule is CNc1cc(OC)ccc1N(S(=O)(=O)c1ccccc1)S(=O)(=O)c1ccccc1. The van der Waals surface area contributed by atoms with Gasteiger partial charge in [0, 0.05) is 13.1 Å². The summed E-state index contributed by atoms with van der Waals surface area (Å²) in [6.45, 7) is 0. The Morgan fingerprint density at radius 2 is 1.24 bits per heavy atom. The quantitative estimate of drug-likeness (QED) is 0.616. The van der Waals surface area contributed by atoms with Gasteiger partial charge in [0.15, 0.2) is 0 Å². The summed E-state index contributed by atoms with van der Waals surface area (Å²) in [5.41, 5.74) is 0.240. The lowest BCUT2D eigenvalue weighted by molar-refractivity contribution is 0.415. The van der Waals surface area contributed by atoms with Gasteiger partial charge < -0.3 is 10.1 Å². The molecule has 29 heavy (non-hydrogen) atoms. The summed E-state index contributed by atoms with van der Waals surface area (Å²) < 4.78 is 59.5. The van der Waals surface area contributed by atoms with Crippen LogP contribution in [0.5, 0.6) is 5.75 Å². The first-order chi connectivity index (χ1) is 13.8. The number of nitrogens with zero attached hydrogens (tertiary/aromatic N) is 1. The molecule has 3 rings (SSSR count). The van der Waals surface area contributed by atoms with Crippen LogP contribution in [0.1, 0.15) is 0 Å². The fraction of sp³-hybridized carbons (Fsp3) is 0.100. The van der Waals surface area contributed by atoms with Gasteiger partial charge in [0.25, 0.3) is 20.0 Å². The number of methoxy groups -OCH3 is 1. The molecule has 0 aliphatic rings. The van der Waals surface area contributed by atoms with Crippen molar-refractivity contribution >= 4 is 31.4 Å². The molecular weight excluding hydrogens is 412 g/mol. The van der Waals surface area contributed by atoms with E-state index < -0.39 is 20.0 Å². The van der Waals surface area contributed by atoms with Gasteiger partial charge in [0.05, 0.1) is 28.3 Å². The normalized spacial score (nSPS) is 11.7. The molecule has 0 amide bonds. The van der Waals surface area contributed by atoms with E-state index in [0.717, 1.165) is 0 Å². The topological polar surface area (TPSA) is 92.8 Å². The Hall–Kier alpha value is -3.04. The van der Waals surface area contributed by atoms with E-state index >= 15 is 0 Å². The van der Waals surface area contributed by atoms with Gasteiger partial charge in [-0.05, 0) is 36.4 Å². The van der Waals surface area contributed by atoms with Crippen molar-refractivity contribution in [3.63, 3.8) is 0 Å². The van der Waals surface area contributed by atoms with Crippen LogP contribution in [0.15, 0.2) is 88.7 Å². The second-order valence-electron chi connectivity index (χ2n) is 5.97. The van der Waals surface area contributed by atoms with Gasteiger partial charge in [-0.25, -0.2) is 16.8 Å². The smallest absolute Gasteiger partial charge is 0.277 e. The van der Waals surface area contributed by atoms with Gasteiger partial charge in [-0.1, -0.05) is 36.4 Å². The zero-order valence-corrected chi connectivity index (χ0v) is 17.4. The van der Waals surface area contributed by atoms with Crippen LogP contribution in [0.4, 0.5) is 11.4 Å². The van der Waals surface area contributed by atoms with Gasteiger partial charge >= 0.3 is 0 Å². The maximum atomic E-state index is 13.5. The predicted octanol–water partition coefficient (Wildman–Crippen LogP) is 3.32. The molecule has 0 unspecified atom stereocenters. The molecule has 0 aliphatic heterocycles. The zero-order valence-electron chi connectivity index (χ0n) is 15.8. The third-order valence-electron chi connectivity index (χ3n) is 4.19. The second kappa shape index (κ2) is 8.14.